The van der Waals surface area contributed by atoms with Gasteiger partial charge in [0.15, 0.2) is 5.82 Å². The van der Waals surface area contributed by atoms with Crippen molar-refractivity contribution in [2.45, 2.75) is 13.3 Å². The number of nitrogens with zero attached hydrogens (tertiary/aromatic N) is 4. The molecule has 3 rings (SSSR count). The summed E-state index contributed by atoms with van der Waals surface area (Å²) in [7, 11) is 0. The number of urea groups is 1. The van der Waals surface area contributed by atoms with Gasteiger partial charge >= 0.3 is 6.03 Å². The fourth-order valence-electron chi connectivity index (χ4n) is 2.71. The van der Waals surface area contributed by atoms with Crippen LogP contribution in [-0.4, -0.2) is 58.1 Å². The maximum Gasteiger partial charge on any atom is 0.323 e. The largest absolute Gasteiger partial charge is 0.339 e. The minimum atomic E-state index is -0.217. The quantitative estimate of drug-likeness (QED) is 0.923. The maximum absolute atomic E-state index is 12.4. The first-order valence-electron chi connectivity index (χ1n) is 8.29. The van der Waals surface area contributed by atoms with Gasteiger partial charge in [0.2, 0.25) is 5.91 Å². The molecule has 1 aromatic heterocycles. The van der Waals surface area contributed by atoms with E-state index in [0.717, 1.165) is 5.56 Å². The number of aromatic nitrogens is 2. The van der Waals surface area contributed by atoms with Crippen molar-refractivity contribution in [3.8, 4) is 0 Å². The van der Waals surface area contributed by atoms with Crippen LogP contribution in [0.25, 0.3) is 0 Å². The van der Waals surface area contributed by atoms with Crippen LogP contribution < -0.4 is 5.32 Å². The van der Waals surface area contributed by atoms with Crippen molar-refractivity contribution in [2.24, 2.45) is 0 Å². The van der Waals surface area contributed by atoms with Gasteiger partial charge in [-0.25, -0.2) is 4.79 Å². The SMILES string of the molecule is Cc1ccc(CC(=O)N2CCN(C(=O)Nc3cccnn3)CC2)cc1. The van der Waals surface area contributed by atoms with Gasteiger partial charge in [-0.15, -0.1) is 5.10 Å². The Balaban J connectivity index is 1.48. The lowest BCUT2D eigenvalue weighted by molar-refractivity contribution is -0.131. The fraction of sp³-hybridized carbons (Fsp3) is 0.333. The number of rotatable bonds is 3. The summed E-state index contributed by atoms with van der Waals surface area (Å²) in [4.78, 5) is 28.1. The van der Waals surface area contributed by atoms with E-state index in [1.54, 1.807) is 23.2 Å². The molecule has 3 amide bonds. The molecule has 1 fully saturated rings. The summed E-state index contributed by atoms with van der Waals surface area (Å²) in [5, 5.41) is 10.3. The Morgan fingerprint density at radius 2 is 1.72 bits per heavy atom. The smallest absolute Gasteiger partial charge is 0.323 e. The van der Waals surface area contributed by atoms with E-state index in [9.17, 15) is 9.59 Å². The molecule has 1 aliphatic rings. The second-order valence-electron chi connectivity index (χ2n) is 6.07. The van der Waals surface area contributed by atoms with E-state index in [4.69, 9.17) is 0 Å². The average molecular weight is 339 g/mol. The van der Waals surface area contributed by atoms with Gasteiger partial charge in [0.05, 0.1) is 6.42 Å². The normalized spacial score (nSPS) is 14.3. The lowest BCUT2D eigenvalue weighted by atomic mass is 10.1. The Kier molecular flexibility index (Phi) is 5.23. The summed E-state index contributed by atoms with van der Waals surface area (Å²) in [6, 6.07) is 11.2. The molecule has 1 aromatic carbocycles. The molecule has 0 radical (unpaired) electrons. The van der Waals surface area contributed by atoms with E-state index < -0.39 is 0 Å². The van der Waals surface area contributed by atoms with Gasteiger partial charge in [0.25, 0.3) is 0 Å². The van der Waals surface area contributed by atoms with E-state index in [-0.39, 0.29) is 11.9 Å². The van der Waals surface area contributed by atoms with E-state index in [2.05, 4.69) is 15.5 Å². The third kappa shape index (κ3) is 4.53. The molecular formula is C18H21N5O2. The highest BCUT2D eigenvalue weighted by atomic mass is 16.2. The number of carbonyl (C=O) groups excluding carboxylic acids is 2. The number of hydrogen-bond donors (Lipinski definition) is 1. The number of hydrogen-bond acceptors (Lipinski definition) is 4. The molecule has 0 bridgehead atoms. The third-order valence-corrected chi connectivity index (χ3v) is 4.20. The Morgan fingerprint density at radius 3 is 2.36 bits per heavy atom. The third-order valence-electron chi connectivity index (χ3n) is 4.20. The molecule has 1 aliphatic heterocycles. The summed E-state index contributed by atoms with van der Waals surface area (Å²) < 4.78 is 0. The van der Waals surface area contributed by atoms with Gasteiger partial charge in [0, 0.05) is 32.4 Å². The molecule has 1 N–H and O–H groups in total. The molecule has 0 atom stereocenters. The van der Waals surface area contributed by atoms with Gasteiger partial charge in [-0.05, 0) is 24.6 Å². The molecule has 1 saturated heterocycles. The molecule has 0 aliphatic carbocycles. The topological polar surface area (TPSA) is 78.4 Å². The number of benzene rings is 1. The lowest BCUT2D eigenvalue weighted by Gasteiger charge is -2.34. The summed E-state index contributed by atoms with van der Waals surface area (Å²) in [5.74, 6) is 0.517. The van der Waals surface area contributed by atoms with Crippen LogP contribution in [0.5, 0.6) is 0 Å². The van der Waals surface area contributed by atoms with E-state index in [0.29, 0.717) is 38.4 Å². The van der Waals surface area contributed by atoms with Crippen LogP contribution in [-0.2, 0) is 11.2 Å². The van der Waals surface area contributed by atoms with Crippen LogP contribution in [0.2, 0.25) is 0 Å². The zero-order valence-corrected chi connectivity index (χ0v) is 14.2. The van der Waals surface area contributed by atoms with Gasteiger partial charge in [0.1, 0.15) is 0 Å². The fourth-order valence-corrected chi connectivity index (χ4v) is 2.71. The van der Waals surface area contributed by atoms with E-state index in [1.807, 2.05) is 36.1 Å². The van der Waals surface area contributed by atoms with Gasteiger partial charge in [-0.3, -0.25) is 10.1 Å². The number of amides is 3. The van der Waals surface area contributed by atoms with Crippen LogP contribution in [0.3, 0.4) is 0 Å². The molecule has 2 heterocycles. The Morgan fingerprint density at radius 1 is 1.04 bits per heavy atom. The number of piperazine rings is 1. The molecule has 7 nitrogen and oxygen atoms in total. The molecule has 130 valence electrons. The number of nitrogens with one attached hydrogen (secondary N) is 1. The first kappa shape index (κ1) is 16.9. The van der Waals surface area contributed by atoms with Crippen molar-refractivity contribution in [2.75, 3.05) is 31.5 Å². The van der Waals surface area contributed by atoms with Crippen LogP contribution in [0, 0.1) is 6.92 Å². The summed E-state index contributed by atoms with van der Waals surface area (Å²) in [6.45, 7) is 4.12. The van der Waals surface area contributed by atoms with Crippen LogP contribution in [0.1, 0.15) is 11.1 Å². The highest BCUT2D eigenvalue weighted by Gasteiger charge is 2.24. The Bertz CT molecular complexity index is 725. The maximum atomic E-state index is 12.4. The van der Waals surface area contributed by atoms with Gasteiger partial charge < -0.3 is 9.80 Å². The van der Waals surface area contributed by atoms with Crippen molar-refractivity contribution in [3.05, 3.63) is 53.7 Å². The van der Waals surface area contributed by atoms with Crippen LogP contribution >= 0.6 is 0 Å². The predicted octanol–water partition coefficient (Wildman–Crippen LogP) is 1.70. The standard InChI is InChI=1S/C18H21N5O2/c1-14-4-6-15(7-5-14)13-17(24)22-9-11-23(12-10-22)18(25)20-16-3-2-8-19-21-16/h2-8H,9-13H2,1H3,(H,20,21,25). The molecule has 0 unspecified atom stereocenters. The van der Waals surface area contributed by atoms with Crippen molar-refractivity contribution >= 4 is 17.8 Å². The molecule has 2 aromatic rings. The van der Waals surface area contributed by atoms with Crippen LogP contribution in [0.15, 0.2) is 42.6 Å². The van der Waals surface area contributed by atoms with Crippen molar-refractivity contribution in [1.29, 1.82) is 0 Å². The van der Waals surface area contributed by atoms with Crippen molar-refractivity contribution in [3.63, 3.8) is 0 Å². The minimum Gasteiger partial charge on any atom is -0.339 e. The molecule has 0 saturated carbocycles. The van der Waals surface area contributed by atoms with Crippen molar-refractivity contribution in [1.82, 2.24) is 20.0 Å². The lowest BCUT2D eigenvalue weighted by Crippen LogP contribution is -2.52. The first-order chi connectivity index (χ1) is 12.1. The molecule has 25 heavy (non-hydrogen) atoms. The molecular weight excluding hydrogens is 318 g/mol. The number of aryl methyl sites for hydroxylation is 1. The van der Waals surface area contributed by atoms with E-state index in [1.165, 1.54) is 5.56 Å². The highest BCUT2D eigenvalue weighted by molar-refractivity contribution is 5.88. The Hall–Kier alpha value is -2.96. The van der Waals surface area contributed by atoms with Gasteiger partial charge in [-0.2, -0.15) is 5.10 Å². The monoisotopic (exact) mass is 339 g/mol. The summed E-state index contributed by atoms with van der Waals surface area (Å²) in [5.41, 5.74) is 2.19. The highest BCUT2D eigenvalue weighted by Crippen LogP contribution is 2.10. The van der Waals surface area contributed by atoms with Gasteiger partial charge in [-0.1, -0.05) is 29.8 Å². The average Bonchev–Trinajstić information content (AvgIpc) is 2.64. The Labute approximate surface area is 146 Å². The summed E-state index contributed by atoms with van der Waals surface area (Å²) in [6.07, 6.45) is 1.94. The van der Waals surface area contributed by atoms with Crippen molar-refractivity contribution < 1.29 is 9.59 Å². The summed E-state index contributed by atoms with van der Waals surface area (Å²) >= 11 is 0. The minimum absolute atomic E-state index is 0.0952. The zero-order chi connectivity index (χ0) is 17.6. The zero-order valence-electron chi connectivity index (χ0n) is 14.2. The second kappa shape index (κ2) is 7.74. The molecule has 7 heteroatoms. The number of carbonyl (C=O) groups is 2. The van der Waals surface area contributed by atoms with Crippen LogP contribution in [0.4, 0.5) is 10.6 Å². The van der Waals surface area contributed by atoms with E-state index >= 15 is 0 Å². The second-order valence-corrected chi connectivity index (χ2v) is 6.07. The predicted molar refractivity (Wildman–Crippen MR) is 94.1 cm³/mol. The number of anilines is 1. The molecule has 0 spiro atoms. The first-order valence-corrected chi connectivity index (χ1v) is 8.29.